The summed E-state index contributed by atoms with van der Waals surface area (Å²) in [5.41, 5.74) is 1.61. The second kappa shape index (κ2) is 7.07. The van der Waals surface area contributed by atoms with Gasteiger partial charge in [-0.05, 0) is 18.7 Å². The van der Waals surface area contributed by atoms with Crippen molar-refractivity contribution >= 4 is 11.6 Å². The van der Waals surface area contributed by atoms with Gasteiger partial charge in [0.25, 0.3) is 5.91 Å². The minimum Gasteiger partial charge on any atom is -0.378 e. The van der Waals surface area contributed by atoms with Crippen LogP contribution in [0, 0.1) is 0 Å². The van der Waals surface area contributed by atoms with E-state index in [9.17, 15) is 4.79 Å². The Morgan fingerprint density at radius 1 is 1.18 bits per heavy atom. The van der Waals surface area contributed by atoms with Gasteiger partial charge in [0.2, 0.25) is 0 Å². The van der Waals surface area contributed by atoms with Crippen LogP contribution in [-0.4, -0.2) is 79.7 Å². The number of piperazine rings is 1. The monoisotopic (exact) mass is 304 g/mol. The van der Waals surface area contributed by atoms with E-state index in [0.717, 1.165) is 64.7 Å². The third-order valence-electron chi connectivity index (χ3n) is 4.45. The van der Waals surface area contributed by atoms with E-state index in [1.807, 2.05) is 17.0 Å². The van der Waals surface area contributed by atoms with Gasteiger partial charge in [-0.1, -0.05) is 6.92 Å². The van der Waals surface area contributed by atoms with E-state index in [1.165, 1.54) is 0 Å². The maximum atomic E-state index is 12.6. The maximum absolute atomic E-state index is 12.6. The number of aromatic nitrogens is 1. The Labute approximate surface area is 131 Å². The number of nitrogens with zero attached hydrogens (tertiary/aromatic N) is 4. The largest absolute Gasteiger partial charge is 0.378 e. The van der Waals surface area contributed by atoms with E-state index in [2.05, 4.69) is 21.7 Å². The first-order valence-electron chi connectivity index (χ1n) is 8.08. The molecule has 1 amide bonds. The van der Waals surface area contributed by atoms with Gasteiger partial charge in [0.05, 0.1) is 13.2 Å². The molecule has 0 bridgehead atoms. The lowest BCUT2D eigenvalue weighted by Crippen LogP contribution is -2.48. The summed E-state index contributed by atoms with van der Waals surface area (Å²) in [4.78, 5) is 23.4. The molecule has 120 valence electrons. The highest BCUT2D eigenvalue weighted by Gasteiger charge is 2.23. The Balaban J connectivity index is 1.67. The highest BCUT2D eigenvalue weighted by atomic mass is 16.5. The lowest BCUT2D eigenvalue weighted by atomic mass is 10.2. The van der Waals surface area contributed by atoms with Crippen LogP contribution in [0.1, 0.15) is 17.4 Å². The lowest BCUT2D eigenvalue weighted by molar-refractivity contribution is 0.0637. The molecular weight excluding hydrogens is 280 g/mol. The van der Waals surface area contributed by atoms with Crippen LogP contribution >= 0.6 is 0 Å². The molecule has 2 aliphatic rings. The molecule has 0 spiro atoms. The topological polar surface area (TPSA) is 48.9 Å². The number of anilines is 1. The number of likely N-dealkylation sites (N-methyl/N-ethyl adjacent to an activating group) is 1. The molecule has 0 aromatic carbocycles. The van der Waals surface area contributed by atoms with Crippen molar-refractivity contribution in [1.82, 2.24) is 14.8 Å². The number of carbonyl (C=O) groups excluding carboxylic acids is 1. The van der Waals surface area contributed by atoms with Crippen LogP contribution in [-0.2, 0) is 4.74 Å². The fourth-order valence-electron chi connectivity index (χ4n) is 2.98. The van der Waals surface area contributed by atoms with Gasteiger partial charge in [-0.2, -0.15) is 0 Å². The number of ether oxygens (including phenoxy) is 1. The summed E-state index contributed by atoms with van der Waals surface area (Å²) in [5.74, 6) is 0.0471. The van der Waals surface area contributed by atoms with Gasteiger partial charge in [0, 0.05) is 51.2 Å². The number of pyridine rings is 1. The van der Waals surface area contributed by atoms with E-state index in [1.54, 1.807) is 6.20 Å². The summed E-state index contributed by atoms with van der Waals surface area (Å²) < 4.78 is 5.38. The maximum Gasteiger partial charge on any atom is 0.272 e. The molecule has 22 heavy (non-hydrogen) atoms. The Morgan fingerprint density at radius 2 is 1.91 bits per heavy atom. The molecule has 2 fully saturated rings. The zero-order valence-electron chi connectivity index (χ0n) is 13.2. The van der Waals surface area contributed by atoms with Crippen LogP contribution in [0.3, 0.4) is 0 Å². The van der Waals surface area contributed by atoms with E-state index >= 15 is 0 Å². The van der Waals surface area contributed by atoms with Crippen molar-refractivity contribution in [1.29, 1.82) is 0 Å². The molecule has 0 atom stereocenters. The minimum absolute atomic E-state index is 0.0471. The summed E-state index contributed by atoms with van der Waals surface area (Å²) in [5, 5.41) is 0. The number of rotatable bonds is 3. The van der Waals surface area contributed by atoms with E-state index in [4.69, 9.17) is 4.74 Å². The van der Waals surface area contributed by atoms with E-state index in [-0.39, 0.29) is 5.91 Å². The van der Waals surface area contributed by atoms with E-state index < -0.39 is 0 Å². The second-order valence-electron chi connectivity index (χ2n) is 5.73. The Bertz CT molecular complexity index is 509. The molecule has 1 aromatic rings. The highest BCUT2D eigenvalue weighted by molar-refractivity contribution is 5.93. The molecule has 0 saturated carbocycles. The third kappa shape index (κ3) is 3.39. The van der Waals surface area contributed by atoms with Gasteiger partial charge < -0.3 is 19.4 Å². The number of hydrogen-bond donors (Lipinski definition) is 0. The van der Waals surface area contributed by atoms with Gasteiger partial charge in [0.1, 0.15) is 5.69 Å². The molecular formula is C16H24N4O2. The first-order valence-corrected chi connectivity index (χ1v) is 8.08. The van der Waals surface area contributed by atoms with Crippen molar-refractivity contribution in [2.75, 3.05) is 63.9 Å². The SMILES string of the molecule is CCN1CCN(C(=O)c2cc(N3CCOCC3)ccn2)CC1. The highest BCUT2D eigenvalue weighted by Crippen LogP contribution is 2.17. The molecule has 0 N–H and O–H groups in total. The van der Waals surface area contributed by atoms with Crippen molar-refractivity contribution in [3.63, 3.8) is 0 Å². The summed E-state index contributed by atoms with van der Waals surface area (Å²) in [6.07, 6.45) is 1.74. The first kappa shape index (κ1) is 15.2. The number of morpholine rings is 1. The predicted octanol–water partition coefficient (Wildman–Crippen LogP) is 0.696. The Kier molecular flexibility index (Phi) is 4.90. The average Bonchev–Trinajstić information content (AvgIpc) is 2.62. The zero-order chi connectivity index (χ0) is 15.4. The van der Waals surface area contributed by atoms with Crippen LogP contribution in [0.25, 0.3) is 0 Å². The molecule has 1 aromatic heterocycles. The van der Waals surface area contributed by atoms with Gasteiger partial charge in [-0.3, -0.25) is 9.78 Å². The molecule has 3 rings (SSSR count). The standard InChI is InChI=1S/C16H24N4O2/c1-2-18-5-7-20(8-6-18)16(21)15-13-14(3-4-17-15)19-9-11-22-12-10-19/h3-4,13H,2,5-12H2,1H3. The first-order chi connectivity index (χ1) is 10.8. The molecule has 2 aliphatic heterocycles. The summed E-state index contributed by atoms with van der Waals surface area (Å²) in [6.45, 7) is 9.90. The number of amides is 1. The Hall–Kier alpha value is -1.66. The molecule has 6 heteroatoms. The van der Waals surface area contributed by atoms with Gasteiger partial charge in [0.15, 0.2) is 0 Å². The van der Waals surface area contributed by atoms with E-state index in [0.29, 0.717) is 5.69 Å². The second-order valence-corrected chi connectivity index (χ2v) is 5.73. The quantitative estimate of drug-likeness (QED) is 0.822. The molecule has 2 saturated heterocycles. The third-order valence-corrected chi connectivity index (χ3v) is 4.45. The van der Waals surface area contributed by atoms with Crippen LogP contribution in [0.2, 0.25) is 0 Å². The van der Waals surface area contributed by atoms with Crippen molar-refractivity contribution < 1.29 is 9.53 Å². The van der Waals surface area contributed by atoms with Crippen LogP contribution < -0.4 is 4.90 Å². The van der Waals surface area contributed by atoms with Crippen molar-refractivity contribution in [2.24, 2.45) is 0 Å². The van der Waals surface area contributed by atoms with Crippen LogP contribution in [0.5, 0.6) is 0 Å². The number of carbonyl (C=O) groups is 1. The van der Waals surface area contributed by atoms with Gasteiger partial charge in [-0.15, -0.1) is 0 Å². The van der Waals surface area contributed by atoms with Crippen molar-refractivity contribution in [2.45, 2.75) is 6.92 Å². The fraction of sp³-hybridized carbons (Fsp3) is 0.625. The van der Waals surface area contributed by atoms with Gasteiger partial charge in [-0.25, -0.2) is 0 Å². The van der Waals surface area contributed by atoms with Gasteiger partial charge >= 0.3 is 0 Å². The molecule has 6 nitrogen and oxygen atoms in total. The normalized spacial score (nSPS) is 20.2. The smallest absolute Gasteiger partial charge is 0.272 e. The summed E-state index contributed by atoms with van der Waals surface area (Å²) >= 11 is 0. The van der Waals surface area contributed by atoms with Crippen LogP contribution in [0.4, 0.5) is 5.69 Å². The Morgan fingerprint density at radius 3 is 2.59 bits per heavy atom. The van der Waals surface area contributed by atoms with Crippen molar-refractivity contribution in [3.05, 3.63) is 24.0 Å². The predicted molar refractivity (Wildman–Crippen MR) is 85.3 cm³/mol. The van der Waals surface area contributed by atoms with Crippen molar-refractivity contribution in [3.8, 4) is 0 Å². The number of hydrogen-bond acceptors (Lipinski definition) is 5. The van der Waals surface area contributed by atoms with Crippen LogP contribution in [0.15, 0.2) is 18.3 Å². The minimum atomic E-state index is 0.0471. The zero-order valence-corrected chi connectivity index (χ0v) is 13.2. The average molecular weight is 304 g/mol. The summed E-state index contributed by atoms with van der Waals surface area (Å²) in [6, 6.07) is 3.89. The fourth-order valence-corrected chi connectivity index (χ4v) is 2.98. The molecule has 0 aliphatic carbocycles. The molecule has 3 heterocycles. The molecule has 0 unspecified atom stereocenters. The summed E-state index contributed by atoms with van der Waals surface area (Å²) in [7, 11) is 0. The lowest BCUT2D eigenvalue weighted by Gasteiger charge is -2.34. The molecule has 0 radical (unpaired) electrons.